The van der Waals surface area contributed by atoms with E-state index in [1.54, 1.807) is 18.2 Å². The first-order valence-corrected chi connectivity index (χ1v) is 10.7. The Balaban J connectivity index is 1.66. The number of carbonyl (C=O) groups is 2. The van der Waals surface area contributed by atoms with Crippen molar-refractivity contribution in [2.45, 2.75) is 32.4 Å². The lowest BCUT2D eigenvalue weighted by atomic mass is 9.97. The van der Waals surface area contributed by atoms with Crippen molar-refractivity contribution in [2.75, 3.05) is 13.7 Å². The lowest BCUT2D eigenvalue weighted by Crippen LogP contribution is -2.31. The van der Waals surface area contributed by atoms with Crippen LogP contribution in [-0.4, -0.2) is 35.3 Å². The summed E-state index contributed by atoms with van der Waals surface area (Å²) in [6.45, 7) is 2.89. The SMILES string of the molecule is CCOc1ccc(C(CC(=O)Cc2ccccn2)N2Cc3ccccc3C2=O)cc1OC. The van der Waals surface area contributed by atoms with Gasteiger partial charge in [0.1, 0.15) is 5.78 Å². The molecule has 0 fully saturated rings. The molecular formula is C26H26N2O4. The molecule has 32 heavy (non-hydrogen) atoms. The summed E-state index contributed by atoms with van der Waals surface area (Å²) in [6.07, 6.45) is 2.09. The van der Waals surface area contributed by atoms with Gasteiger partial charge in [0.05, 0.1) is 19.8 Å². The van der Waals surface area contributed by atoms with E-state index in [4.69, 9.17) is 9.47 Å². The van der Waals surface area contributed by atoms with Crippen molar-refractivity contribution in [2.24, 2.45) is 0 Å². The normalized spacial score (nSPS) is 13.6. The molecule has 0 saturated heterocycles. The van der Waals surface area contributed by atoms with Crippen molar-refractivity contribution in [1.29, 1.82) is 0 Å². The van der Waals surface area contributed by atoms with Crippen molar-refractivity contribution in [1.82, 2.24) is 9.88 Å². The van der Waals surface area contributed by atoms with Gasteiger partial charge in [0.15, 0.2) is 11.5 Å². The van der Waals surface area contributed by atoms with E-state index in [2.05, 4.69) is 4.98 Å². The molecule has 2 heterocycles. The van der Waals surface area contributed by atoms with Gasteiger partial charge in [-0.15, -0.1) is 0 Å². The number of carbonyl (C=O) groups excluding carboxylic acids is 2. The van der Waals surface area contributed by atoms with Crippen molar-refractivity contribution in [3.05, 3.63) is 89.2 Å². The van der Waals surface area contributed by atoms with E-state index < -0.39 is 6.04 Å². The molecule has 0 spiro atoms. The summed E-state index contributed by atoms with van der Waals surface area (Å²) in [5.74, 6) is 1.17. The quantitative estimate of drug-likeness (QED) is 0.504. The number of benzene rings is 2. The van der Waals surface area contributed by atoms with Crippen LogP contribution in [0.1, 0.15) is 46.6 Å². The van der Waals surface area contributed by atoms with Gasteiger partial charge in [0.25, 0.3) is 5.91 Å². The zero-order valence-electron chi connectivity index (χ0n) is 18.3. The monoisotopic (exact) mass is 430 g/mol. The Labute approximate surface area is 187 Å². The fraction of sp³-hybridized carbons (Fsp3) is 0.269. The van der Waals surface area contributed by atoms with Gasteiger partial charge in [-0.3, -0.25) is 14.6 Å². The topological polar surface area (TPSA) is 68.7 Å². The van der Waals surface area contributed by atoms with E-state index in [1.807, 2.05) is 67.6 Å². The highest BCUT2D eigenvalue weighted by molar-refractivity contribution is 5.99. The molecule has 1 amide bonds. The van der Waals surface area contributed by atoms with Crippen molar-refractivity contribution in [3.63, 3.8) is 0 Å². The molecule has 1 unspecified atom stereocenters. The largest absolute Gasteiger partial charge is 0.493 e. The van der Waals surface area contributed by atoms with E-state index in [9.17, 15) is 9.59 Å². The summed E-state index contributed by atoms with van der Waals surface area (Å²) in [4.78, 5) is 32.3. The number of hydrogen-bond acceptors (Lipinski definition) is 5. The standard InChI is InChI=1S/C26H26N2O4/c1-3-32-24-12-11-18(14-25(24)31-2)23(16-21(29)15-20-9-6-7-13-27-20)28-17-19-8-4-5-10-22(19)26(28)30/h4-14,23H,3,15-17H2,1-2H3. The molecule has 1 aliphatic heterocycles. The van der Waals surface area contributed by atoms with Crippen LogP contribution in [0.2, 0.25) is 0 Å². The fourth-order valence-electron chi connectivity index (χ4n) is 4.10. The number of nitrogens with zero attached hydrogens (tertiary/aromatic N) is 2. The summed E-state index contributed by atoms with van der Waals surface area (Å²) >= 11 is 0. The van der Waals surface area contributed by atoms with Crippen LogP contribution in [0.15, 0.2) is 66.9 Å². The Morgan fingerprint density at radius 1 is 1.09 bits per heavy atom. The highest BCUT2D eigenvalue weighted by Crippen LogP contribution is 2.37. The summed E-state index contributed by atoms with van der Waals surface area (Å²) in [7, 11) is 1.58. The van der Waals surface area contributed by atoms with Gasteiger partial charge < -0.3 is 14.4 Å². The number of pyridine rings is 1. The minimum absolute atomic E-state index is 0.0188. The molecule has 164 valence electrons. The summed E-state index contributed by atoms with van der Waals surface area (Å²) in [6, 6.07) is 18.3. The molecule has 6 nitrogen and oxygen atoms in total. The zero-order valence-corrected chi connectivity index (χ0v) is 18.3. The number of hydrogen-bond donors (Lipinski definition) is 0. The highest BCUT2D eigenvalue weighted by Gasteiger charge is 2.34. The van der Waals surface area contributed by atoms with Crippen molar-refractivity contribution in [3.8, 4) is 11.5 Å². The van der Waals surface area contributed by atoms with Crippen molar-refractivity contribution >= 4 is 11.7 Å². The van der Waals surface area contributed by atoms with Gasteiger partial charge in [0, 0.05) is 36.8 Å². The van der Waals surface area contributed by atoms with Gasteiger partial charge in [-0.05, 0) is 48.4 Å². The van der Waals surface area contributed by atoms with Gasteiger partial charge in [-0.25, -0.2) is 0 Å². The van der Waals surface area contributed by atoms with Crippen LogP contribution >= 0.6 is 0 Å². The molecule has 0 radical (unpaired) electrons. The van der Waals surface area contributed by atoms with E-state index in [0.717, 1.165) is 16.8 Å². The average Bonchev–Trinajstić information content (AvgIpc) is 3.15. The Morgan fingerprint density at radius 3 is 2.62 bits per heavy atom. The van der Waals surface area contributed by atoms with Crippen LogP contribution < -0.4 is 9.47 Å². The Morgan fingerprint density at radius 2 is 1.91 bits per heavy atom. The second-order valence-electron chi connectivity index (χ2n) is 7.69. The number of rotatable bonds is 9. The molecule has 3 aromatic rings. The predicted molar refractivity (Wildman–Crippen MR) is 121 cm³/mol. The van der Waals surface area contributed by atoms with Crippen LogP contribution in [0.5, 0.6) is 11.5 Å². The van der Waals surface area contributed by atoms with Crippen LogP contribution in [0.4, 0.5) is 0 Å². The maximum atomic E-state index is 13.2. The number of ether oxygens (including phenoxy) is 2. The first-order chi connectivity index (χ1) is 15.6. The number of amides is 1. The van der Waals surface area contributed by atoms with E-state index in [-0.39, 0.29) is 24.5 Å². The summed E-state index contributed by atoms with van der Waals surface area (Å²) in [5.41, 5.74) is 3.21. The van der Waals surface area contributed by atoms with E-state index >= 15 is 0 Å². The van der Waals surface area contributed by atoms with E-state index in [1.165, 1.54) is 0 Å². The first-order valence-electron chi connectivity index (χ1n) is 10.7. The number of ketones is 1. The molecule has 1 aliphatic rings. The van der Waals surface area contributed by atoms with Gasteiger partial charge in [-0.1, -0.05) is 30.3 Å². The Bertz CT molecular complexity index is 1110. The van der Waals surface area contributed by atoms with Crippen LogP contribution in [0.3, 0.4) is 0 Å². The minimum atomic E-state index is -0.421. The molecule has 0 N–H and O–H groups in total. The Kier molecular flexibility index (Phi) is 6.50. The Hall–Kier alpha value is -3.67. The number of Topliss-reactive ketones (excluding diaryl/α,β-unsaturated/α-hetero) is 1. The highest BCUT2D eigenvalue weighted by atomic mass is 16.5. The lowest BCUT2D eigenvalue weighted by molar-refractivity contribution is -0.119. The maximum absolute atomic E-state index is 13.2. The molecule has 0 bridgehead atoms. The van der Waals surface area contributed by atoms with E-state index in [0.29, 0.717) is 30.2 Å². The number of fused-ring (bicyclic) bond motifs is 1. The lowest BCUT2D eigenvalue weighted by Gasteiger charge is -2.28. The zero-order chi connectivity index (χ0) is 22.5. The third kappa shape index (κ3) is 4.49. The third-order valence-electron chi connectivity index (χ3n) is 5.62. The molecule has 6 heteroatoms. The minimum Gasteiger partial charge on any atom is -0.493 e. The van der Waals surface area contributed by atoms with Gasteiger partial charge in [-0.2, -0.15) is 0 Å². The molecule has 2 aromatic carbocycles. The molecule has 1 atom stereocenters. The fourth-order valence-corrected chi connectivity index (χ4v) is 4.10. The smallest absolute Gasteiger partial charge is 0.255 e. The summed E-state index contributed by atoms with van der Waals surface area (Å²) < 4.78 is 11.2. The van der Waals surface area contributed by atoms with Crippen molar-refractivity contribution < 1.29 is 19.1 Å². The predicted octanol–water partition coefficient (Wildman–Crippen LogP) is 4.39. The second-order valence-corrected chi connectivity index (χ2v) is 7.69. The second kappa shape index (κ2) is 9.64. The number of methoxy groups -OCH3 is 1. The van der Waals surface area contributed by atoms with Crippen LogP contribution in [0, 0.1) is 0 Å². The number of aromatic nitrogens is 1. The molecular weight excluding hydrogens is 404 g/mol. The molecule has 0 aliphatic carbocycles. The van der Waals surface area contributed by atoms with Crippen LogP contribution in [-0.2, 0) is 17.8 Å². The summed E-state index contributed by atoms with van der Waals surface area (Å²) in [5, 5.41) is 0. The maximum Gasteiger partial charge on any atom is 0.255 e. The molecule has 1 aromatic heterocycles. The third-order valence-corrected chi connectivity index (χ3v) is 5.62. The average molecular weight is 431 g/mol. The van der Waals surface area contributed by atoms with Crippen LogP contribution in [0.25, 0.3) is 0 Å². The first kappa shape index (κ1) is 21.6. The molecule has 4 rings (SSSR count). The van der Waals surface area contributed by atoms with Gasteiger partial charge >= 0.3 is 0 Å². The molecule has 0 saturated carbocycles. The van der Waals surface area contributed by atoms with Gasteiger partial charge in [0.2, 0.25) is 0 Å².